The predicted molar refractivity (Wildman–Crippen MR) is 136 cm³/mol. The largest absolute Gasteiger partial charge is 0.481 e. The molecule has 2 atom stereocenters. The van der Waals surface area contributed by atoms with Gasteiger partial charge in [-0.2, -0.15) is 0 Å². The Morgan fingerprint density at radius 1 is 1.08 bits per heavy atom. The SMILES string of the molecule is O=C(O)C[C@H](O)C[C@H](O)CCn1c(-c2ccc(F)cc2)nc(C(=O)NCc2ccc(Cl)cc2)c1C1CC1. The number of amides is 1. The van der Waals surface area contributed by atoms with Gasteiger partial charge in [-0.05, 0) is 67.6 Å². The number of hydrogen-bond acceptors (Lipinski definition) is 5. The minimum absolute atomic E-state index is 0.0833. The van der Waals surface area contributed by atoms with Crippen LogP contribution in [0.4, 0.5) is 4.39 Å². The lowest BCUT2D eigenvalue weighted by atomic mass is 10.1. The molecular formula is C27H29ClFN3O5. The van der Waals surface area contributed by atoms with Crippen molar-refractivity contribution in [3.8, 4) is 11.4 Å². The Bertz CT molecular complexity index is 1240. The molecule has 1 fully saturated rings. The van der Waals surface area contributed by atoms with Crippen molar-refractivity contribution >= 4 is 23.5 Å². The van der Waals surface area contributed by atoms with E-state index in [0.29, 0.717) is 23.0 Å². The first-order valence-electron chi connectivity index (χ1n) is 12.2. The van der Waals surface area contributed by atoms with E-state index in [-0.39, 0.29) is 36.9 Å². The van der Waals surface area contributed by atoms with Crippen LogP contribution in [-0.4, -0.2) is 49.0 Å². The van der Waals surface area contributed by atoms with Crippen molar-refractivity contribution in [1.82, 2.24) is 14.9 Å². The van der Waals surface area contributed by atoms with Crippen molar-refractivity contribution in [2.75, 3.05) is 0 Å². The summed E-state index contributed by atoms with van der Waals surface area (Å²) >= 11 is 5.94. The average Bonchev–Trinajstić information content (AvgIpc) is 3.62. The smallest absolute Gasteiger partial charge is 0.305 e. The molecule has 0 bridgehead atoms. The maximum Gasteiger partial charge on any atom is 0.305 e. The van der Waals surface area contributed by atoms with E-state index in [1.54, 1.807) is 24.3 Å². The summed E-state index contributed by atoms with van der Waals surface area (Å²) in [6, 6.07) is 13.0. The van der Waals surface area contributed by atoms with Gasteiger partial charge in [0.25, 0.3) is 5.91 Å². The number of aliphatic carboxylic acids is 1. The summed E-state index contributed by atoms with van der Waals surface area (Å²) in [6.45, 7) is 0.579. The van der Waals surface area contributed by atoms with Gasteiger partial charge in [-0.15, -0.1) is 0 Å². The van der Waals surface area contributed by atoms with Gasteiger partial charge in [-0.1, -0.05) is 23.7 Å². The van der Waals surface area contributed by atoms with Crippen molar-refractivity contribution in [3.05, 3.63) is 76.3 Å². The van der Waals surface area contributed by atoms with Crippen LogP contribution in [0, 0.1) is 5.82 Å². The Labute approximate surface area is 218 Å². The van der Waals surface area contributed by atoms with Crippen LogP contribution in [-0.2, 0) is 17.9 Å². The zero-order valence-corrected chi connectivity index (χ0v) is 20.9. The van der Waals surface area contributed by atoms with Crippen LogP contribution < -0.4 is 5.32 Å². The van der Waals surface area contributed by atoms with Crippen molar-refractivity contribution in [2.24, 2.45) is 0 Å². The number of nitrogens with zero attached hydrogens (tertiary/aromatic N) is 2. The van der Waals surface area contributed by atoms with E-state index in [0.717, 1.165) is 24.1 Å². The lowest BCUT2D eigenvalue weighted by Gasteiger charge is -2.17. The van der Waals surface area contributed by atoms with Gasteiger partial charge in [0.1, 0.15) is 17.3 Å². The molecular weight excluding hydrogens is 501 g/mol. The van der Waals surface area contributed by atoms with Crippen LogP contribution in [0.5, 0.6) is 0 Å². The first kappa shape index (κ1) is 26.8. The van der Waals surface area contributed by atoms with E-state index in [2.05, 4.69) is 10.3 Å². The molecule has 37 heavy (non-hydrogen) atoms. The number of imidazole rings is 1. The molecule has 1 amide bonds. The molecule has 4 rings (SSSR count). The van der Waals surface area contributed by atoms with Crippen LogP contribution in [0.15, 0.2) is 48.5 Å². The molecule has 3 aromatic rings. The lowest BCUT2D eigenvalue weighted by Crippen LogP contribution is -2.25. The highest BCUT2D eigenvalue weighted by Crippen LogP contribution is 2.43. The fourth-order valence-corrected chi connectivity index (χ4v) is 4.44. The number of aliphatic hydroxyl groups is 2. The molecule has 4 N–H and O–H groups in total. The molecule has 1 aliphatic carbocycles. The number of carbonyl (C=O) groups is 2. The zero-order chi connectivity index (χ0) is 26.5. The topological polar surface area (TPSA) is 125 Å². The van der Waals surface area contributed by atoms with Crippen molar-refractivity contribution < 1.29 is 29.3 Å². The Morgan fingerprint density at radius 3 is 2.38 bits per heavy atom. The van der Waals surface area contributed by atoms with Crippen LogP contribution in [0.25, 0.3) is 11.4 Å². The third-order valence-electron chi connectivity index (χ3n) is 6.29. The number of aromatic nitrogens is 2. The number of carbonyl (C=O) groups excluding carboxylic acids is 1. The Morgan fingerprint density at radius 2 is 1.76 bits per heavy atom. The summed E-state index contributed by atoms with van der Waals surface area (Å²) in [7, 11) is 0. The molecule has 10 heteroatoms. The number of carboxylic acid groups (broad SMARTS) is 1. The van der Waals surface area contributed by atoms with Gasteiger partial charge in [0.15, 0.2) is 0 Å². The molecule has 0 aliphatic heterocycles. The normalized spacial score (nSPS) is 14.8. The second kappa shape index (κ2) is 11.9. The Balaban J connectivity index is 1.59. The van der Waals surface area contributed by atoms with Crippen molar-refractivity contribution in [1.29, 1.82) is 0 Å². The van der Waals surface area contributed by atoms with Crippen LogP contribution in [0.3, 0.4) is 0 Å². The van der Waals surface area contributed by atoms with Crippen molar-refractivity contribution in [2.45, 2.75) is 63.3 Å². The third kappa shape index (κ3) is 7.15. The molecule has 0 radical (unpaired) electrons. The first-order valence-corrected chi connectivity index (χ1v) is 12.6. The molecule has 0 unspecified atom stereocenters. The lowest BCUT2D eigenvalue weighted by molar-refractivity contribution is -0.139. The number of rotatable bonds is 12. The summed E-state index contributed by atoms with van der Waals surface area (Å²) in [5.74, 6) is -1.26. The average molecular weight is 530 g/mol. The highest BCUT2D eigenvalue weighted by atomic mass is 35.5. The third-order valence-corrected chi connectivity index (χ3v) is 6.55. The summed E-state index contributed by atoms with van der Waals surface area (Å²) in [4.78, 5) is 28.8. The second-order valence-electron chi connectivity index (χ2n) is 9.34. The highest BCUT2D eigenvalue weighted by molar-refractivity contribution is 6.30. The minimum Gasteiger partial charge on any atom is -0.481 e. The fraction of sp³-hybridized carbons (Fsp3) is 0.370. The molecule has 8 nitrogen and oxygen atoms in total. The van der Waals surface area contributed by atoms with Crippen LogP contribution in [0.2, 0.25) is 5.02 Å². The van der Waals surface area contributed by atoms with E-state index in [1.165, 1.54) is 12.1 Å². The Kier molecular flexibility index (Phi) is 8.58. The maximum absolute atomic E-state index is 13.6. The van der Waals surface area contributed by atoms with E-state index < -0.39 is 30.4 Å². The van der Waals surface area contributed by atoms with Crippen LogP contribution >= 0.6 is 11.6 Å². The fourth-order valence-electron chi connectivity index (χ4n) is 4.31. The molecule has 1 heterocycles. The summed E-state index contributed by atoms with van der Waals surface area (Å²) in [6.07, 6.45) is -0.644. The summed E-state index contributed by atoms with van der Waals surface area (Å²) in [5.41, 5.74) is 2.55. The number of hydrogen-bond donors (Lipinski definition) is 4. The first-order chi connectivity index (χ1) is 17.7. The quantitative estimate of drug-likeness (QED) is 0.280. The molecule has 0 spiro atoms. The van der Waals surface area contributed by atoms with Gasteiger partial charge in [0, 0.05) is 29.6 Å². The molecule has 196 valence electrons. The van der Waals surface area contributed by atoms with Gasteiger partial charge < -0.3 is 25.2 Å². The monoisotopic (exact) mass is 529 g/mol. The Hall–Kier alpha value is -3.27. The van der Waals surface area contributed by atoms with Gasteiger partial charge in [0.05, 0.1) is 24.3 Å². The number of nitrogens with one attached hydrogen (secondary N) is 1. The predicted octanol–water partition coefficient (Wildman–Crippen LogP) is 4.13. The van der Waals surface area contributed by atoms with Crippen LogP contribution in [0.1, 0.15) is 59.8 Å². The number of carboxylic acids is 1. The highest BCUT2D eigenvalue weighted by Gasteiger charge is 2.35. The van der Waals surface area contributed by atoms with E-state index in [1.807, 2.05) is 16.7 Å². The van der Waals surface area contributed by atoms with E-state index in [4.69, 9.17) is 16.7 Å². The van der Waals surface area contributed by atoms with Gasteiger partial charge in [-0.25, -0.2) is 9.37 Å². The molecule has 1 saturated carbocycles. The van der Waals surface area contributed by atoms with Gasteiger partial charge in [0.2, 0.25) is 0 Å². The second-order valence-corrected chi connectivity index (χ2v) is 9.78. The van der Waals surface area contributed by atoms with Gasteiger partial charge in [-0.3, -0.25) is 9.59 Å². The number of halogens is 2. The van der Waals surface area contributed by atoms with E-state index >= 15 is 0 Å². The zero-order valence-electron chi connectivity index (χ0n) is 20.1. The molecule has 0 saturated heterocycles. The van der Waals surface area contributed by atoms with Crippen molar-refractivity contribution in [3.63, 3.8) is 0 Å². The standard InChI is InChI=1S/C27H29ClFN3O5/c28-19-7-1-16(2-8-19)15-30-27(37)24-25(17-3-4-17)32(12-11-21(33)13-22(34)14-23(35)36)26(31-24)18-5-9-20(29)10-6-18/h1-2,5-10,17,21-22,33-34H,3-4,11-15H2,(H,30,37)(H,35,36)/t21-,22-/m1/s1. The number of aliphatic hydroxyl groups excluding tert-OH is 2. The molecule has 1 aromatic heterocycles. The minimum atomic E-state index is -1.16. The summed E-state index contributed by atoms with van der Waals surface area (Å²) < 4.78 is 15.5. The molecule has 1 aliphatic rings. The maximum atomic E-state index is 13.6. The number of benzene rings is 2. The molecule has 2 aromatic carbocycles. The van der Waals surface area contributed by atoms with E-state index in [9.17, 15) is 24.2 Å². The summed E-state index contributed by atoms with van der Waals surface area (Å²) in [5, 5.41) is 32.7. The van der Waals surface area contributed by atoms with Gasteiger partial charge >= 0.3 is 5.97 Å².